The Labute approximate surface area is 307 Å². The molecule has 48 heavy (non-hydrogen) atoms. The van der Waals surface area contributed by atoms with Crippen molar-refractivity contribution in [1.82, 2.24) is 0 Å². The lowest BCUT2D eigenvalue weighted by molar-refractivity contribution is 1.14. The van der Waals surface area contributed by atoms with Crippen LogP contribution in [0.4, 0.5) is 0 Å². The standard InChI is InChI=1S/C42H34S6/c1-5-27-9-13-29(14-10-27)31-23-39(47-41(31)37-21-19-35(45-37)33-17-7-25(3)43-33)40-24-32(30-15-11-28(6-2)12-16-30)42(48-40)38-22-20-36(46-38)34-18-8-26(4)44-34/h7-24H,5-6H2,1-4H3. The van der Waals surface area contributed by atoms with E-state index >= 15 is 0 Å². The minimum absolute atomic E-state index is 1.05. The topological polar surface area (TPSA) is 0 Å². The fourth-order valence-corrected chi connectivity index (χ4v) is 12.6. The first-order valence-corrected chi connectivity index (χ1v) is 21.2. The number of rotatable bonds is 9. The normalized spacial score (nSPS) is 11.5. The van der Waals surface area contributed by atoms with Crippen molar-refractivity contribution in [3.8, 4) is 71.0 Å². The number of hydrogen-bond donors (Lipinski definition) is 0. The molecule has 0 bridgehead atoms. The van der Waals surface area contributed by atoms with Crippen LogP contribution in [0.25, 0.3) is 71.0 Å². The average molecular weight is 731 g/mol. The maximum Gasteiger partial charge on any atom is 0.0528 e. The van der Waals surface area contributed by atoms with Crippen LogP contribution >= 0.6 is 68.0 Å². The lowest BCUT2D eigenvalue weighted by Gasteiger charge is -2.04. The Morgan fingerprint density at radius 3 is 1.06 bits per heavy atom. The molecule has 8 rings (SSSR count). The highest BCUT2D eigenvalue weighted by Crippen LogP contribution is 2.52. The fraction of sp³-hybridized carbons (Fsp3) is 0.143. The first kappa shape index (κ1) is 31.9. The molecule has 0 radical (unpaired) electrons. The van der Waals surface area contributed by atoms with Gasteiger partial charge in [-0.05, 0) is 110 Å². The predicted molar refractivity (Wildman–Crippen MR) is 220 cm³/mol. The summed E-state index contributed by atoms with van der Waals surface area (Å²) in [5.74, 6) is 0. The van der Waals surface area contributed by atoms with Crippen LogP contribution in [0.1, 0.15) is 34.7 Å². The molecule has 6 heterocycles. The molecule has 2 aromatic carbocycles. The van der Waals surface area contributed by atoms with E-state index < -0.39 is 0 Å². The second-order valence-electron chi connectivity index (χ2n) is 12.0. The highest BCUT2D eigenvalue weighted by molar-refractivity contribution is 7.31. The van der Waals surface area contributed by atoms with Crippen LogP contribution in [-0.2, 0) is 12.8 Å². The number of aryl methyl sites for hydroxylation is 4. The molecular weight excluding hydrogens is 697 g/mol. The maximum atomic E-state index is 2.45. The molecule has 0 spiro atoms. The van der Waals surface area contributed by atoms with Crippen molar-refractivity contribution in [1.29, 1.82) is 0 Å². The first-order valence-electron chi connectivity index (χ1n) is 16.3. The largest absolute Gasteiger partial charge is 0.140 e. The van der Waals surface area contributed by atoms with Gasteiger partial charge >= 0.3 is 0 Å². The molecule has 0 saturated carbocycles. The molecule has 238 valence electrons. The van der Waals surface area contributed by atoms with Gasteiger partial charge in [0, 0.05) is 59.9 Å². The zero-order valence-electron chi connectivity index (χ0n) is 27.3. The van der Waals surface area contributed by atoms with Crippen LogP contribution in [0, 0.1) is 13.8 Å². The summed E-state index contributed by atoms with van der Waals surface area (Å²) in [4.78, 5) is 16.1. The van der Waals surface area contributed by atoms with Gasteiger partial charge in [0.1, 0.15) is 0 Å². The van der Waals surface area contributed by atoms with Gasteiger partial charge in [0.15, 0.2) is 0 Å². The fourth-order valence-electron chi connectivity index (χ4n) is 5.98. The van der Waals surface area contributed by atoms with Crippen LogP contribution in [-0.4, -0.2) is 0 Å². The third kappa shape index (κ3) is 6.26. The highest BCUT2D eigenvalue weighted by atomic mass is 32.1. The second-order valence-corrected chi connectivity index (χ2v) is 18.8. The Bertz CT molecular complexity index is 2160. The maximum absolute atomic E-state index is 2.45. The smallest absolute Gasteiger partial charge is 0.0528 e. The monoisotopic (exact) mass is 730 g/mol. The molecule has 0 nitrogen and oxygen atoms in total. The van der Waals surface area contributed by atoms with E-state index in [4.69, 9.17) is 0 Å². The molecule has 0 saturated heterocycles. The van der Waals surface area contributed by atoms with Crippen LogP contribution in [0.3, 0.4) is 0 Å². The summed E-state index contributed by atoms with van der Waals surface area (Å²) in [6, 6.07) is 41.5. The summed E-state index contributed by atoms with van der Waals surface area (Å²) >= 11 is 11.5. The second kappa shape index (κ2) is 13.5. The van der Waals surface area contributed by atoms with Crippen LogP contribution in [0.2, 0.25) is 0 Å². The average Bonchev–Trinajstić information content (AvgIpc) is 3.96. The lowest BCUT2D eigenvalue weighted by atomic mass is 10.0. The first-order chi connectivity index (χ1) is 23.4. The van der Waals surface area contributed by atoms with Crippen molar-refractivity contribution in [2.75, 3.05) is 0 Å². The van der Waals surface area contributed by atoms with Crippen molar-refractivity contribution in [3.05, 3.63) is 130 Å². The third-order valence-electron chi connectivity index (χ3n) is 8.68. The lowest BCUT2D eigenvalue weighted by Crippen LogP contribution is -1.81. The Morgan fingerprint density at radius 2 is 0.708 bits per heavy atom. The van der Waals surface area contributed by atoms with Gasteiger partial charge in [-0.15, -0.1) is 68.0 Å². The van der Waals surface area contributed by atoms with Crippen molar-refractivity contribution in [2.24, 2.45) is 0 Å². The summed E-state index contributed by atoms with van der Waals surface area (Å²) in [6.07, 6.45) is 2.10. The molecular formula is C42H34S6. The van der Waals surface area contributed by atoms with E-state index in [1.807, 2.05) is 68.0 Å². The van der Waals surface area contributed by atoms with Gasteiger partial charge in [-0.2, -0.15) is 0 Å². The molecule has 0 amide bonds. The summed E-state index contributed by atoms with van der Waals surface area (Å²) < 4.78 is 0. The third-order valence-corrected chi connectivity index (χ3v) is 16.1. The molecule has 0 fully saturated rings. The van der Waals surface area contributed by atoms with E-state index in [1.165, 1.54) is 91.9 Å². The van der Waals surface area contributed by atoms with Gasteiger partial charge in [0.2, 0.25) is 0 Å². The molecule has 0 N–H and O–H groups in total. The van der Waals surface area contributed by atoms with E-state index in [1.54, 1.807) is 0 Å². The van der Waals surface area contributed by atoms with Crippen molar-refractivity contribution in [2.45, 2.75) is 40.5 Å². The zero-order chi connectivity index (χ0) is 32.8. The summed E-state index contributed by atoms with van der Waals surface area (Å²) in [7, 11) is 0. The predicted octanol–water partition coefficient (Wildman–Crippen LogP) is 15.5. The Kier molecular flexibility index (Phi) is 8.97. The van der Waals surface area contributed by atoms with Crippen molar-refractivity contribution >= 4 is 68.0 Å². The number of benzene rings is 2. The zero-order valence-corrected chi connectivity index (χ0v) is 32.2. The van der Waals surface area contributed by atoms with E-state index in [9.17, 15) is 0 Å². The molecule has 0 aliphatic rings. The number of hydrogen-bond acceptors (Lipinski definition) is 6. The quantitative estimate of drug-likeness (QED) is 0.139. The Hall–Kier alpha value is -3.36. The summed E-state index contributed by atoms with van der Waals surface area (Å²) in [5, 5.41) is 0. The Balaban J connectivity index is 1.26. The minimum atomic E-state index is 1.05. The molecule has 6 heteroatoms. The van der Waals surface area contributed by atoms with Gasteiger partial charge in [0.05, 0.1) is 9.75 Å². The Morgan fingerprint density at radius 1 is 0.354 bits per heavy atom. The van der Waals surface area contributed by atoms with Crippen molar-refractivity contribution in [3.63, 3.8) is 0 Å². The summed E-state index contributed by atoms with van der Waals surface area (Å²) in [5.41, 5.74) is 7.96. The van der Waals surface area contributed by atoms with Gasteiger partial charge in [-0.25, -0.2) is 0 Å². The van der Waals surface area contributed by atoms with E-state index in [-0.39, 0.29) is 0 Å². The molecule has 0 aliphatic carbocycles. The summed E-state index contributed by atoms with van der Waals surface area (Å²) in [6.45, 7) is 8.83. The van der Waals surface area contributed by atoms with Gasteiger partial charge in [-0.1, -0.05) is 62.4 Å². The molecule has 6 aromatic heterocycles. The molecule has 0 atom stereocenters. The highest BCUT2D eigenvalue weighted by Gasteiger charge is 2.21. The number of thiophene rings is 6. The van der Waals surface area contributed by atoms with Gasteiger partial charge < -0.3 is 0 Å². The molecule has 8 aromatic rings. The van der Waals surface area contributed by atoms with Gasteiger partial charge in [0.25, 0.3) is 0 Å². The SMILES string of the molecule is CCc1ccc(-c2cc(-c3cc(-c4ccc(CC)cc4)c(-c4ccc(-c5ccc(C)s5)s4)s3)sc2-c2ccc(-c3ccc(C)s3)s2)cc1. The van der Waals surface area contributed by atoms with Crippen molar-refractivity contribution < 1.29 is 0 Å². The van der Waals surface area contributed by atoms with Crippen LogP contribution < -0.4 is 0 Å². The molecule has 0 aliphatic heterocycles. The van der Waals surface area contributed by atoms with Gasteiger partial charge in [-0.3, -0.25) is 0 Å². The van der Waals surface area contributed by atoms with Crippen LogP contribution in [0.5, 0.6) is 0 Å². The minimum Gasteiger partial charge on any atom is -0.140 e. The van der Waals surface area contributed by atoms with E-state index in [0.29, 0.717) is 0 Å². The van der Waals surface area contributed by atoms with E-state index in [2.05, 4.69) is 137 Å². The van der Waals surface area contributed by atoms with E-state index in [0.717, 1.165) is 12.8 Å². The molecule has 0 unspecified atom stereocenters. The van der Waals surface area contributed by atoms with Crippen LogP contribution in [0.15, 0.2) is 109 Å².